The number of hydrogen-bond donors (Lipinski definition) is 1. The number of carbonyl (C=O) groups excluding carboxylic acids is 1. The fourth-order valence-electron chi connectivity index (χ4n) is 3.86. The predicted octanol–water partition coefficient (Wildman–Crippen LogP) is 3.28. The van der Waals surface area contributed by atoms with E-state index in [0.717, 1.165) is 19.4 Å². The summed E-state index contributed by atoms with van der Waals surface area (Å²) in [4.78, 5) is 14.8. The average Bonchev–Trinajstić information content (AvgIpc) is 3.17. The highest BCUT2D eigenvalue weighted by atomic mass is 32.2. The fourth-order valence-corrected chi connectivity index (χ4v) is 4.49. The summed E-state index contributed by atoms with van der Waals surface area (Å²) in [5.41, 5.74) is 0.638. The molecule has 3 rings (SSSR count). The first-order chi connectivity index (χ1) is 10.9. The van der Waals surface area contributed by atoms with Crippen molar-refractivity contribution in [1.29, 1.82) is 0 Å². The third-order valence-electron chi connectivity index (χ3n) is 5.04. The summed E-state index contributed by atoms with van der Waals surface area (Å²) in [6, 6.07) is 6.66. The van der Waals surface area contributed by atoms with Gasteiger partial charge < -0.3 is 10.2 Å². The molecule has 126 valence electrons. The van der Waals surface area contributed by atoms with Gasteiger partial charge in [0.25, 0.3) is 0 Å². The van der Waals surface area contributed by atoms with Gasteiger partial charge in [-0.1, -0.05) is 12.8 Å². The number of nitrogens with one attached hydrogen (secondary N) is 1. The van der Waals surface area contributed by atoms with Crippen LogP contribution in [-0.4, -0.2) is 38.2 Å². The first kappa shape index (κ1) is 16.3. The van der Waals surface area contributed by atoms with Crippen LogP contribution in [0.3, 0.4) is 0 Å². The highest BCUT2D eigenvalue weighted by molar-refractivity contribution is 7.90. The number of nitrogens with zero attached hydrogens (tertiary/aromatic N) is 1. The fraction of sp³-hybridized carbons (Fsp3) is 0.588. The minimum atomic E-state index is -3.21. The van der Waals surface area contributed by atoms with Crippen LogP contribution in [-0.2, 0) is 9.84 Å². The van der Waals surface area contributed by atoms with Crippen molar-refractivity contribution in [2.24, 2.45) is 5.92 Å². The third-order valence-corrected chi connectivity index (χ3v) is 6.17. The van der Waals surface area contributed by atoms with Gasteiger partial charge in [0.1, 0.15) is 0 Å². The van der Waals surface area contributed by atoms with Crippen molar-refractivity contribution in [3.05, 3.63) is 24.3 Å². The molecule has 0 bridgehead atoms. The third kappa shape index (κ3) is 3.68. The number of amides is 2. The lowest BCUT2D eigenvalue weighted by atomic mass is 9.96. The zero-order valence-electron chi connectivity index (χ0n) is 13.5. The second-order valence-electron chi connectivity index (χ2n) is 6.67. The van der Waals surface area contributed by atoms with Crippen LogP contribution in [0.25, 0.3) is 0 Å². The van der Waals surface area contributed by atoms with Crippen molar-refractivity contribution in [3.8, 4) is 0 Å². The summed E-state index contributed by atoms with van der Waals surface area (Å²) in [5, 5.41) is 2.91. The monoisotopic (exact) mass is 336 g/mol. The summed E-state index contributed by atoms with van der Waals surface area (Å²) in [6.45, 7) is 0.814. The van der Waals surface area contributed by atoms with E-state index in [9.17, 15) is 13.2 Å². The molecule has 1 aromatic rings. The maximum atomic E-state index is 12.6. The SMILES string of the molecule is CS(=O)(=O)c1ccc(NC(=O)N2CCCC2C2CCCC2)cc1. The Kier molecular flexibility index (Phi) is 4.62. The zero-order chi connectivity index (χ0) is 16.4. The molecule has 5 nitrogen and oxygen atoms in total. The molecule has 2 aliphatic rings. The Morgan fingerprint density at radius 3 is 2.35 bits per heavy atom. The van der Waals surface area contributed by atoms with Crippen LogP contribution in [0.5, 0.6) is 0 Å². The Balaban J connectivity index is 1.66. The normalized spacial score (nSPS) is 22.5. The number of likely N-dealkylation sites (tertiary alicyclic amines) is 1. The molecular weight excluding hydrogens is 312 g/mol. The molecule has 1 saturated carbocycles. The Morgan fingerprint density at radius 1 is 1.09 bits per heavy atom. The van der Waals surface area contributed by atoms with Crippen LogP contribution in [0.4, 0.5) is 10.5 Å². The van der Waals surface area contributed by atoms with Gasteiger partial charge in [0.05, 0.1) is 4.90 Å². The largest absolute Gasteiger partial charge is 0.322 e. The maximum absolute atomic E-state index is 12.6. The molecule has 1 aliphatic heterocycles. The average molecular weight is 336 g/mol. The highest BCUT2D eigenvalue weighted by Crippen LogP contribution is 2.35. The van der Waals surface area contributed by atoms with E-state index in [4.69, 9.17) is 0 Å². The van der Waals surface area contributed by atoms with E-state index in [1.165, 1.54) is 44.1 Å². The van der Waals surface area contributed by atoms with Gasteiger partial charge in [0.15, 0.2) is 9.84 Å². The molecule has 1 atom stereocenters. The molecule has 2 amide bonds. The van der Waals surface area contributed by atoms with Gasteiger partial charge >= 0.3 is 6.03 Å². The number of hydrogen-bond acceptors (Lipinski definition) is 3. The van der Waals surface area contributed by atoms with Gasteiger partial charge in [-0.05, 0) is 55.9 Å². The number of anilines is 1. The van der Waals surface area contributed by atoms with E-state index in [1.54, 1.807) is 12.1 Å². The first-order valence-electron chi connectivity index (χ1n) is 8.33. The molecule has 0 radical (unpaired) electrons. The van der Waals surface area contributed by atoms with Crippen molar-refractivity contribution in [2.75, 3.05) is 18.1 Å². The van der Waals surface area contributed by atoms with Gasteiger partial charge in [-0.25, -0.2) is 13.2 Å². The number of sulfone groups is 1. The van der Waals surface area contributed by atoms with E-state index in [1.807, 2.05) is 4.90 Å². The lowest BCUT2D eigenvalue weighted by molar-refractivity contribution is 0.185. The molecule has 0 aromatic heterocycles. The summed E-state index contributed by atoms with van der Waals surface area (Å²) in [6.07, 6.45) is 8.38. The van der Waals surface area contributed by atoms with Gasteiger partial charge in [-0.15, -0.1) is 0 Å². The second-order valence-corrected chi connectivity index (χ2v) is 8.69. The zero-order valence-corrected chi connectivity index (χ0v) is 14.3. The summed E-state index contributed by atoms with van der Waals surface area (Å²) < 4.78 is 22.9. The Hall–Kier alpha value is -1.56. The first-order valence-corrected chi connectivity index (χ1v) is 10.2. The molecule has 23 heavy (non-hydrogen) atoms. The van der Waals surface area contributed by atoms with Crippen LogP contribution in [0.1, 0.15) is 38.5 Å². The molecule has 1 heterocycles. The molecule has 1 saturated heterocycles. The molecule has 1 N–H and O–H groups in total. The smallest absolute Gasteiger partial charge is 0.321 e. The lowest BCUT2D eigenvalue weighted by Crippen LogP contribution is -2.41. The van der Waals surface area contributed by atoms with Crippen molar-refractivity contribution in [2.45, 2.75) is 49.5 Å². The Bertz CT molecular complexity index is 664. The van der Waals surface area contributed by atoms with Crippen molar-refractivity contribution >= 4 is 21.6 Å². The molecule has 1 aromatic carbocycles. The minimum absolute atomic E-state index is 0.0634. The van der Waals surface area contributed by atoms with Crippen LogP contribution in [0, 0.1) is 5.92 Å². The quantitative estimate of drug-likeness (QED) is 0.921. The standard InChI is InChI=1S/C17H24N2O3S/c1-23(21,22)15-10-8-14(9-11-15)18-17(20)19-12-4-7-16(19)13-5-2-3-6-13/h8-11,13,16H,2-7,12H2,1H3,(H,18,20). The summed E-state index contributed by atoms with van der Waals surface area (Å²) in [7, 11) is -3.21. The van der Waals surface area contributed by atoms with E-state index in [-0.39, 0.29) is 10.9 Å². The van der Waals surface area contributed by atoms with Crippen LogP contribution in [0.15, 0.2) is 29.2 Å². The van der Waals surface area contributed by atoms with Gasteiger partial charge in [0.2, 0.25) is 0 Å². The molecular formula is C17H24N2O3S. The predicted molar refractivity (Wildman–Crippen MR) is 90.3 cm³/mol. The molecule has 2 fully saturated rings. The maximum Gasteiger partial charge on any atom is 0.322 e. The second kappa shape index (κ2) is 6.51. The van der Waals surface area contributed by atoms with Crippen molar-refractivity contribution < 1.29 is 13.2 Å². The van der Waals surface area contributed by atoms with Crippen molar-refractivity contribution in [3.63, 3.8) is 0 Å². The summed E-state index contributed by atoms with van der Waals surface area (Å²) in [5.74, 6) is 0.649. The Morgan fingerprint density at radius 2 is 1.74 bits per heavy atom. The topological polar surface area (TPSA) is 66.5 Å². The van der Waals surface area contributed by atoms with E-state index >= 15 is 0 Å². The van der Waals surface area contributed by atoms with E-state index in [2.05, 4.69) is 5.32 Å². The number of urea groups is 1. The van der Waals surface area contributed by atoms with Gasteiger partial charge in [-0.3, -0.25) is 0 Å². The number of carbonyl (C=O) groups is 1. The molecule has 1 unspecified atom stereocenters. The lowest BCUT2D eigenvalue weighted by Gasteiger charge is -2.29. The van der Waals surface area contributed by atoms with Gasteiger partial charge in [-0.2, -0.15) is 0 Å². The van der Waals surface area contributed by atoms with Crippen LogP contribution in [0.2, 0.25) is 0 Å². The highest BCUT2D eigenvalue weighted by Gasteiger charge is 2.35. The number of benzene rings is 1. The Labute approximate surface area is 138 Å². The van der Waals surface area contributed by atoms with E-state index < -0.39 is 9.84 Å². The molecule has 1 aliphatic carbocycles. The summed E-state index contributed by atoms with van der Waals surface area (Å²) >= 11 is 0. The van der Waals surface area contributed by atoms with Crippen LogP contribution < -0.4 is 5.32 Å². The van der Waals surface area contributed by atoms with Crippen LogP contribution >= 0.6 is 0 Å². The minimum Gasteiger partial charge on any atom is -0.321 e. The van der Waals surface area contributed by atoms with Gasteiger partial charge in [0, 0.05) is 24.5 Å². The van der Waals surface area contributed by atoms with Crippen molar-refractivity contribution in [1.82, 2.24) is 4.90 Å². The molecule has 6 heteroatoms. The number of rotatable bonds is 3. The molecule has 0 spiro atoms. The van der Waals surface area contributed by atoms with E-state index in [0.29, 0.717) is 17.6 Å².